The molecule has 0 radical (unpaired) electrons. The summed E-state index contributed by atoms with van der Waals surface area (Å²) in [6, 6.07) is 7.18. The lowest BCUT2D eigenvalue weighted by Crippen LogP contribution is -2.41. The van der Waals surface area contributed by atoms with Crippen molar-refractivity contribution in [2.75, 3.05) is 13.2 Å². The lowest BCUT2D eigenvalue weighted by molar-refractivity contribution is -0.148. The largest absolute Gasteiger partial charge is 0.456 e. The Labute approximate surface area is 150 Å². The number of rotatable bonds is 7. The molecule has 0 spiro atoms. The zero-order valence-corrected chi connectivity index (χ0v) is 14.7. The molecule has 2 rings (SSSR count). The number of ether oxygens (including phenoxy) is 1. The number of hydrogen-bond donors (Lipinski definition) is 2. The van der Waals surface area contributed by atoms with Gasteiger partial charge in [0.2, 0.25) is 0 Å². The monoisotopic (exact) mass is 359 g/mol. The molecule has 0 aliphatic rings. The number of carbonyl (C=O) groups excluding carboxylic acids is 3. The normalized spacial score (nSPS) is 10.2. The third-order valence-electron chi connectivity index (χ3n) is 3.39. The fourth-order valence-electron chi connectivity index (χ4n) is 2.07. The minimum atomic E-state index is -0.693. The van der Waals surface area contributed by atoms with Crippen LogP contribution >= 0.6 is 0 Å². The van der Waals surface area contributed by atoms with E-state index < -0.39 is 24.5 Å². The van der Waals surface area contributed by atoms with Gasteiger partial charge in [0.1, 0.15) is 0 Å². The number of hydrogen-bond acceptors (Lipinski definition) is 6. The Hall–Kier alpha value is -3.16. The van der Waals surface area contributed by atoms with E-state index in [1.54, 1.807) is 13.1 Å². The first kappa shape index (κ1) is 19.2. The van der Waals surface area contributed by atoms with E-state index in [1.165, 1.54) is 0 Å². The van der Waals surface area contributed by atoms with E-state index in [1.807, 2.05) is 36.5 Å². The number of amides is 3. The highest BCUT2D eigenvalue weighted by atomic mass is 16.5. The molecule has 0 unspecified atom stereocenters. The van der Waals surface area contributed by atoms with Crippen molar-refractivity contribution < 1.29 is 23.5 Å². The van der Waals surface area contributed by atoms with Gasteiger partial charge < -0.3 is 14.5 Å². The van der Waals surface area contributed by atoms with E-state index >= 15 is 0 Å². The second-order valence-corrected chi connectivity index (χ2v) is 5.55. The van der Waals surface area contributed by atoms with Gasteiger partial charge in [-0.05, 0) is 13.8 Å². The zero-order chi connectivity index (χ0) is 18.9. The van der Waals surface area contributed by atoms with Crippen molar-refractivity contribution >= 4 is 17.9 Å². The average Bonchev–Trinajstić information content (AvgIpc) is 3.08. The molecule has 0 bridgehead atoms. The van der Waals surface area contributed by atoms with Gasteiger partial charge in [0, 0.05) is 18.5 Å². The molecule has 0 fully saturated rings. The van der Waals surface area contributed by atoms with Crippen molar-refractivity contribution in [2.24, 2.45) is 0 Å². The van der Waals surface area contributed by atoms with Gasteiger partial charge in [0.25, 0.3) is 5.91 Å². The molecule has 1 heterocycles. The number of nitrogens with zero attached hydrogens (tertiary/aromatic N) is 1. The summed E-state index contributed by atoms with van der Waals surface area (Å²) in [5, 5.41) is 4.44. The van der Waals surface area contributed by atoms with Crippen LogP contribution in [-0.2, 0) is 20.7 Å². The van der Waals surface area contributed by atoms with Crippen LogP contribution in [0, 0.1) is 6.92 Å². The maximum atomic E-state index is 11.7. The molecule has 26 heavy (non-hydrogen) atoms. The number of aromatic nitrogens is 1. The van der Waals surface area contributed by atoms with Crippen LogP contribution in [0.1, 0.15) is 24.8 Å². The minimum absolute atomic E-state index is 0.0162. The van der Waals surface area contributed by atoms with Crippen molar-refractivity contribution in [3.8, 4) is 11.3 Å². The lowest BCUT2D eigenvalue weighted by atomic mass is 10.1. The van der Waals surface area contributed by atoms with Gasteiger partial charge in [-0.2, -0.15) is 0 Å². The van der Waals surface area contributed by atoms with Crippen LogP contribution in [0.25, 0.3) is 11.3 Å². The van der Waals surface area contributed by atoms with Gasteiger partial charge in [-0.15, -0.1) is 0 Å². The van der Waals surface area contributed by atoms with E-state index in [0.29, 0.717) is 18.2 Å². The van der Waals surface area contributed by atoms with Crippen molar-refractivity contribution in [3.63, 3.8) is 0 Å². The molecule has 0 aliphatic carbocycles. The van der Waals surface area contributed by atoms with Gasteiger partial charge >= 0.3 is 12.0 Å². The number of oxazole rings is 1. The first-order valence-electron chi connectivity index (χ1n) is 8.23. The molecule has 1 aromatic carbocycles. The number of benzene rings is 1. The Balaban J connectivity index is 1.75. The number of nitrogens with one attached hydrogen (secondary N) is 2. The second-order valence-electron chi connectivity index (χ2n) is 5.55. The Morgan fingerprint density at radius 3 is 2.62 bits per heavy atom. The molecule has 0 aliphatic heterocycles. The molecule has 2 aromatic rings. The predicted molar refractivity (Wildman–Crippen MR) is 93.2 cm³/mol. The topological polar surface area (TPSA) is 111 Å². The van der Waals surface area contributed by atoms with Crippen molar-refractivity contribution in [2.45, 2.75) is 26.7 Å². The maximum Gasteiger partial charge on any atom is 0.321 e. The van der Waals surface area contributed by atoms with E-state index in [9.17, 15) is 14.4 Å². The standard InChI is InChI=1S/C18H21N3O5/c1-3-19-18(24)21-15(22)11-25-17(23)9-8-16-20-10-14(26-16)13-6-4-12(2)5-7-13/h4-7,10H,3,8-9,11H2,1-2H3,(H2,19,21,22,24). The molecule has 0 atom stereocenters. The number of esters is 1. The molecule has 2 N–H and O–H groups in total. The number of aryl methyl sites for hydroxylation is 2. The van der Waals surface area contributed by atoms with E-state index in [2.05, 4.69) is 10.3 Å². The lowest BCUT2D eigenvalue weighted by Gasteiger charge is -2.05. The number of carbonyl (C=O) groups is 3. The summed E-state index contributed by atoms with van der Waals surface area (Å²) in [5.41, 5.74) is 2.05. The quantitative estimate of drug-likeness (QED) is 0.731. The van der Waals surface area contributed by atoms with E-state index in [0.717, 1.165) is 11.1 Å². The predicted octanol–water partition coefficient (Wildman–Crippen LogP) is 1.97. The molecular formula is C18H21N3O5. The smallest absolute Gasteiger partial charge is 0.321 e. The van der Waals surface area contributed by atoms with Gasteiger partial charge in [-0.3, -0.25) is 14.9 Å². The molecular weight excluding hydrogens is 338 g/mol. The summed E-state index contributed by atoms with van der Waals surface area (Å²) in [6.45, 7) is 3.59. The first-order chi connectivity index (χ1) is 12.5. The number of urea groups is 1. The Morgan fingerprint density at radius 2 is 1.92 bits per heavy atom. The van der Waals surface area contributed by atoms with Crippen LogP contribution in [0.5, 0.6) is 0 Å². The fraction of sp³-hybridized carbons (Fsp3) is 0.333. The molecule has 8 nitrogen and oxygen atoms in total. The highest BCUT2D eigenvalue weighted by Crippen LogP contribution is 2.21. The molecule has 8 heteroatoms. The van der Waals surface area contributed by atoms with Crippen LogP contribution in [0.4, 0.5) is 4.79 Å². The molecule has 0 saturated heterocycles. The summed E-state index contributed by atoms with van der Waals surface area (Å²) >= 11 is 0. The summed E-state index contributed by atoms with van der Waals surface area (Å²) < 4.78 is 10.4. The number of imide groups is 1. The first-order valence-corrected chi connectivity index (χ1v) is 8.23. The second kappa shape index (κ2) is 9.36. The zero-order valence-electron chi connectivity index (χ0n) is 14.7. The van der Waals surface area contributed by atoms with Gasteiger partial charge in [0.05, 0.1) is 12.6 Å². The third kappa shape index (κ3) is 6.04. The Kier molecular flexibility index (Phi) is 6.90. The minimum Gasteiger partial charge on any atom is -0.456 e. The van der Waals surface area contributed by atoms with Gasteiger partial charge in [-0.1, -0.05) is 29.8 Å². The third-order valence-corrected chi connectivity index (χ3v) is 3.39. The molecule has 1 aromatic heterocycles. The van der Waals surface area contributed by atoms with Gasteiger partial charge in [-0.25, -0.2) is 9.78 Å². The van der Waals surface area contributed by atoms with E-state index in [4.69, 9.17) is 9.15 Å². The fourth-order valence-corrected chi connectivity index (χ4v) is 2.07. The highest BCUT2D eigenvalue weighted by Gasteiger charge is 2.12. The SMILES string of the molecule is CCNC(=O)NC(=O)COC(=O)CCc1ncc(-c2ccc(C)cc2)o1. The summed E-state index contributed by atoms with van der Waals surface area (Å²) in [6.07, 6.45) is 1.87. The Morgan fingerprint density at radius 1 is 1.19 bits per heavy atom. The van der Waals surface area contributed by atoms with Crippen LogP contribution in [-0.4, -0.2) is 36.0 Å². The van der Waals surface area contributed by atoms with Crippen LogP contribution in [0.3, 0.4) is 0 Å². The summed E-state index contributed by atoms with van der Waals surface area (Å²) in [5.74, 6) is -0.243. The summed E-state index contributed by atoms with van der Waals surface area (Å²) in [7, 11) is 0. The van der Waals surface area contributed by atoms with Crippen molar-refractivity contribution in [1.82, 2.24) is 15.6 Å². The highest BCUT2D eigenvalue weighted by molar-refractivity contribution is 5.95. The Bertz CT molecular complexity index is 767. The maximum absolute atomic E-state index is 11.7. The van der Waals surface area contributed by atoms with Crippen LogP contribution in [0.15, 0.2) is 34.9 Å². The van der Waals surface area contributed by atoms with Crippen molar-refractivity contribution in [1.29, 1.82) is 0 Å². The molecule has 138 valence electrons. The average molecular weight is 359 g/mol. The van der Waals surface area contributed by atoms with E-state index in [-0.39, 0.29) is 12.8 Å². The summed E-state index contributed by atoms with van der Waals surface area (Å²) in [4.78, 5) is 38.4. The van der Waals surface area contributed by atoms with Crippen LogP contribution < -0.4 is 10.6 Å². The molecule has 0 saturated carbocycles. The molecule has 3 amide bonds. The van der Waals surface area contributed by atoms with Crippen molar-refractivity contribution in [3.05, 3.63) is 41.9 Å². The van der Waals surface area contributed by atoms with Crippen LogP contribution in [0.2, 0.25) is 0 Å². The van der Waals surface area contributed by atoms with Gasteiger partial charge in [0.15, 0.2) is 18.3 Å².